The SMILES string of the molecule is CC[C@]1(C)NC(=O)[C@H](CCCCCC(=O)[C@@H](C)O[Si](c2ccccc2)(c2ccccc2)C(C)(C)C)NC(=O)[C@H]2CCCN2C(=O)[C@H](Cc2ccc(Cl)cc2)NC1=O. The average molecular weight is 816 g/mol. The van der Waals surface area contributed by atoms with Crippen molar-refractivity contribution >= 4 is 59.7 Å². The number of carbonyl (C=O) groups excluding carboxylic acids is 5. The second-order valence-electron chi connectivity index (χ2n) is 16.8. The smallest absolute Gasteiger partial charge is 0.262 e. The zero-order valence-corrected chi connectivity index (χ0v) is 36.0. The Hall–Kier alpha value is -4.32. The molecule has 3 aromatic rings. The Morgan fingerprint density at radius 2 is 1.49 bits per heavy atom. The van der Waals surface area contributed by atoms with Crippen LogP contribution < -0.4 is 26.3 Å². The Morgan fingerprint density at radius 3 is 2.07 bits per heavy atom. The number of fused-ring (bicyclic) bond motifs is 1. The molecule has 0 radical (unpaired) electrons. The summed E-state index contributed by atoms with van der Waals surface area (Å²) in [4.78, 5) is 70.9. The molecule has 306 valence electrons. The van der Waals surface area contributed by atoms with E-state index in [4.69, 9.17) is 16.0 Å². The number of benzene rings is 3. The van der Waals surface area contributed by atoms with Gasteiger partial charge in [-0.3, -0.25) is 24.0 Å². The minimum absolute atomic E-state index is 0.0186. The molecule has 0 aromatic heterocycles. The highest BCUT2D eigenvalue weighted by Crippen LogP contribution is 2.37. The lowest BCUT2D eigenvalue weighted by atomic mass is 9.94. The Morgan fingerprint density at radius 1 is 0.877 bits per heavy atom. The molecule has 2 heterocycles. The maximum absolute atomic E-state index is 14.1. The first kappa shape index (κ1) is 43.8. The van der Waals surface area contributed by atoms with Gasteiger partial charge in [0.15, 0.2) is 5.78 Å². The van der Waals surface area contributed by atoms with Crippen LogP contribution in [0.4, 0.5) is 0 Å². The van der Waals surface area contributed by atoms with Crippen LogP contribution in [0.2, 0.25) is 10.1 Å². The molecule has 4 amide bonds. The van der Waals surface area contributed by atoms with E-state index in [1.165, 1.54) is 4.90 Å². The van der Waals surface area contributed by atoms with Gasteiger partial charge in [0.05, 0.1) is 0 Å². The largest absolute Gasteiger partial charge is 0.398 e. The number of unbranched alkanes of at least 4 members (excludes halogenated alkanes) is 2. The molecule has 3 N–H and O–H groups in total. The van der Waals surface area contributed by atoms with Crippen LogP contribution in [-0.4, -0.2) is 78.9 Å². The number of ketones is 1. The number of rotatable bonds is 14. The number of halogens is 1. The normalized spacial score (nSPS) is 22.7. The third kappa shape index (κ3) is 10.2. The van der Waals surface area contributed by atoms with Gasteiger partial charge in [0.2, 0.25) is 23.6 Å². The molecule has 12 heteroatoms. The average Bonchev–Trinajstić information content (AvgIpc) is 3.69. The van der Waals surface area contributed by atoms with Gasteiger partial charge in [0, 0.05) is 24.4 Å². The van der Waals surface area contributed by atoms with Crippen LogP contribution in [-0.2, 0) is 34.8 Å². The highest BCUT2D eigenvalue weighted by atomic mass is 35.5. The van der Waals surface area contributed by atoms with Gasteiger partial charge in [0.25, 0.3) is 8.32 Å². The van der Waals surface area contributed by atoms with Crippen LogP contribution >= 0.6 is 11.6 Å². The minimum atomic E-state index is -2.91. The van der Waals surface area contributed by atoms with E-state index >= 15 is 0 Å². The molecule has 3 aromatic carbocycles. The highest BCUT2D eigenvalue weighted by Gasteiger charge is 2.51. The molecule has 57 heavy (non-hydrogen) atoms. The lowest BCUT2D eigenvalue weighted by molar-refractivity contribution is -0.144. The van der Waals surface area contributed by atoms with Crippen LogP contribution in [0.25, 0.3) is 0 Å². The van der Waals surface area contributed by atoms with E-state index in [9.17, 15) is 24.0 Å². The fraction of sp³-hybridized carbons (Fsp3) is 0.489. The second kappa shape index (κ2) is 19.0. The lowest BCUT2D eigenvalue weighted by Gasteiger charge is -2.44. The third-order valence-electron chi connectivity index (χ3n) is 11.7. The van der Waals surface area contributed by atoms with Crippen molar-refractivity contribution in [1.29, 1.82) is 0 Å². The van der Waals surface area contributed by atoms with Crippen molar-refractivity contribution in [3.63, 3.8) is 0 Å². The van der Waals surface area contributed by atoms with Gasteiger partial charge < -0.3 is 25.3 Å². The van der Waals surface area contributed by atoms with E-state index in [0.29, 0.717) is 56.5 Å². The van der Waals surface area contributed by atoms with Crippen molar-refractivity contribution in [3.05, 3.63) is 95.5 Å². The number of amides is 4. The number of hydrogen-bond donors (Lipinski definition) is 3. The summed E-state index contributed by atoms with van der Waals surface area (Å²) < 4.78 is 7.03. The lowest BCUT2D eigenvalue weighted by Crippen LogP contribution is -2.68. The first-order valence-electron chi connectivity index (χ1n) is 20.4. The van der Waals surface area contributed by atoms with Crippen LogP contribution in [0.5, 0.6) is 0 Å². The van der Waals surface area contributed by atoms with Crippen LogP contribution in [0.1, 0.15) is 98.5 Å². The Bertz CT molecular complexity index is 1830. The third-order valence-corrected chi connectivity index (χ3v) is 17.0. The van der Waals surface area contributed by atoms with E-state index in [-0.39, 0.29) is 35.5 Å². The first-order valence-corrected chi connectivity index (χ1v) is 22.7. The van der Waals surface area contributed by atoms with Crippen LogP contribution in [0.15, 0.2) is 84.9 Å². The van der Waals surface area contributed by atoms with E-state index < -0.39 is 49.9 Å². The molecular formula is C45H59ClN4O6Si. The van der Waals surface area contributed by atoms with Crippen molar-refractivity contribution < 1.29 is 28.4 Å². The van der Waals surface area contributed by atoms with Gasteiger partial charge >= 0.3 is 0 Å². The molecule has 2 aliphatic rings. The van der Waals surface area contributed by atoms with Crippen LogP contribution in [0.3, 0.4) is 0 Å². The summed E-state index contributed by atoms with van der Waals surface area (Å²) >= 11 is 6.09. The molecule has 0 spiro atoms. The summed E-state index contributed by atoms with van der Waals surface area (Å²) in [6, 6.07) is 24.9. The molecular weight excluding hydrogens is 756 g/mol. The zero-order valence-electron chi connectivity index (χ0n) is 34.2. The van der Waals surface area contributed by atoms with Gasteiger partial charge in [-0.15, -0.1) is 0 Å². The molecule has 5 atom stereocenters. The van der Waals surface area contributed by atoms with Crippen molar-refractivity contribution in [2.24, 2.45) is 0 Å². The summed E-state index contributed by atoms with van der Waals surface area (Å²) in [6.45, 7) is 12.2. The molecule has 0 aliphatic carbocycles. The standard InChI is InChI=1S/C45H59ClN4O6Si/c1-7-45(6)43(55)48-37(30-32-25-27-33(46)28-26-32)42(54)50-29-17-23-38(50)41(53)47-36(40(52)49-45)22-15-10-16-24-39(51)31(2)56-57(44(3,4)5,34-18-11-8-12-19-34)35-20-13-9-14-21-35/h8-9,11-14,18-21,25-28,31,36-38H,7,10,15-17,22-24,29-30H2,1-6H3,(H,47,53)(H,48,55)(H,49,52)/t31-,36+,37+,38-,45+/m1/s1. The van der Waals surface area contributed by atoms with Crippen molar-refractivity contribution in [2.45, 2.75) is 134 Å². The minimum Gasteiger partial charge on any atom is -0.398 e. The zero-order chi connectivity index (χ0) is 41.4. The predicted octanol–water partition coefficient (Wildman–Crippen LogP) is 5.63. The van der Waals surface area contributed by atoms with Gasteiger partial charge in [-0.2, -0.15) is 0 Å². The summed E-state index contributed by atoms with van der Waals surface area (Å²) in [5, 5.41) is 11.3. The van der Waals surface area contributed by atoms with E-state index in [1.807, 2.05) is 43.3 Å². The topological polar surface area (TPSA) is 134 Å². The monoisotopic (exact) mass is 814 g/mol. The second-order valence-corrected chi connectivity index (χ2v) is 21.5. The number of carbonyl (C=O) groups is 5. The Balaban J connectivity index is 1.25. The van der Waals surface area contributed by atoms with Crippen molar-refractivity contribution in [3.8, 4) is 0 Å². The summed E-state index contributed by atoms with van der Waals surface area (Å²) in [5.74, 6) is -1.64. The quantitative estimate of drug-likeness (QED) is 0.143. The van der Waals surface area contributed by atoms with Gasteiger partial charge in [-0.25, -0.2) is 0 Å². The fourth-order valence-corrected chi connectivity index (χ4v) is 12.9. The Kier molecular flexibility index (Phi) is 14.6. The van der Waals surface area contributed by atoms with Gasteiger partial charge in [0.1, 0.15) is 29.8 Å². The van der Waals surface area contributed by atoms with Crippen molar-refractivity contribution in [2.75, 3.05) is 6.54 Å². The number of Topliss-reactive ketones (excluding diaryl/α,β-unsaturated/α-hetero) is 1. The molecule has 2 fully saturated rings. The fourth-order valence-electron chi connectivity index (χ4n) is 8.13. The maximum Gasteiger partial charge on any atom is 0.262 e. The van der Waals surface area contributed by atoms with E-state index in [2.05, 4.69) is 61.0 Å². The van der Waals surface area contributed by atoms with Crippen molar-refractivity contribution in [1.82, 2.24) is 20.9 Å². The molecule has 5 rings (SSSR count). The van der Waals surface area contributed by atoms with E-state index in [0.717, 1.165) is 15.9 Å². The Labute approximate surface area is 344 Å². The molecule has 10 nitrogen and oxygen atoms in total. The van der Waals surface area contributed by atoms with Crippen LogP contribution in [0, 0.1) is 0 Å². The summed E-state index contributed by atoms with van der Waals surface area (Å²) in [7, 11) is -2.91. The summed E-state index contributed by atoms with van der Waals surface area (Å²) in [5.41, 5.74) is -0.536. The predicted molar refractivity (Wildman–Crippen MR) is 227 cm³/mol. The highest BCUT2D eigenvalue weighted by molar-refractivity contribution is 6.99. The summed E-state index contributed by atoms with van der Waals surface area (Å²) in [6.07, 6.45) is 3.32. The van der Waals surface area contributed by atoms with Gasteiger partial charge in [-0.1, -0.05) is 125 Å². The van der Waals surface area contributed by atoms with E-state index in [1.54, 1.807) is 38.1 Å². The number of hydrogen-bond acceptors (Lipinski definition) is 6. The first-order chi connectivity index (χ1) is 27.1. The molecule has 0 unspecified atom stereocenters. The molecule has 2 saturated heterocycles. The number of nitrogens with one attached hydrogen (secondary N) is 3. The molecule has 0 saturated carbocycles. The van der Waals surface area contributed by atoms with Gasteiger partial charge in [-0.05, 0) is 79.1 Å². The maximum atomic E-state index is 14.1. The molecule has 2 aliphatic heterocycles. The number of nitrogens with zero attached hydrogens (tertiary/aromatic N) is 1. The molecule has 0 bridgehead atoms.